The number of rotatable bonds is 4. The van der Waals surface area contributed by atoms with Crippen molar-refractivity contribution in [2.24, 2.45) is 11.1 Å². The van der Waals surface area contributed by atoms with E-state index < -0.39 is 0 Å². The average Bonchev–Trinajstić information content (AvgIpc) is 3.34. The molecule has 1 aromatic rings. The zero-order valence-corrected chi connectivity index (χ0v) is 15.5. The summed E-state index contributed by atoms with van der Waals surface area (Å²) in [6.45, 7) is 10.0. The van der Waals surface area contributed by atoms with Crippen molar-refractivity contribution in [3.8, 4) is 0 Å². The summed E-state index contributed by atoms with van der Waals surface area (Å²) in [6, 6.07) is 6.24. The number of hydrogen-bond donors (Lipinski definition) is 0. The van der Waals surface area contributed by atoms with E-state index in [1.54, 1.807) is 0 Å². The van der Waals surface area contributed by atoms with E-state index >= 15 is 0 Å². The number of benzene rings is 1. The van der Waals surface area contributed by atoms with Crippen molar-refractivity contribution in [2.45, 2.75) is 58.3 Å². The summed E-state index contributed by atoms with van der Waals surface area (Å²) in [4.78, 5) is 5.53. The molecule has 0 radical (unpaired) electrons. The molecule has 2 aliphatic heterocycles. The minimum atomic E-state index is -0.369. The Morgan fingerprint density at radius 1 is 1.12 bits per heavy atom. The van der Waals surface area contributed by atoms with Crippen molar-refractivity contribution in [2.75, 3.05) is 13.2 Å². The molecule has 3 aliphatic rings. The van der Waals surface area contributed by atoms with Crippen molar-refractivity contribution in [3.05, 3.63) is 29.3 Å². The summed E-state index contributed by atoms with van der Waals surface area (Å²) in [5.74, 6) is 0.685. The normalized spacial score (nSPS) is 25.9. The quantitative estimate of drug-likeness (QED) is 0.623. The second kappa shape index (κ2) is 6.11. The fourth-order valence-corrected chi connectivity index (χ4v) is 3.03. The van der Waals surface area contributed by atoms with Crippen LogP contribution in [0.3, 0.4) is 0 Å². The van der Waals surface area contributed by atoms with Gasteiger partial charge in [-0.05, 0) is 57.5 Å². The van der Waals surface area contributed by atoms with Crippen LogP contribution in [0.15, 0.2) is 23.4 Å². The van der Waals surface area contributed by atoms with E-state index in [1.807, 2.05) is 0 Å². The molecule has 134 valence electrons. The molecule has 2 heterocycles. The molecule has 6 heteroatoms. The molecule has 0 bridgehead atoms. The Balaban J connectivity index is 1.57. The van der Waals surface area contributed by atoms with E-state index in [1.165, 1.54) is 12.8 Å². The van der Waals surface area contributed by atoms with Gasteiger partial charge in [-0.15, -0.1) is 0 Å². The molecule has 0 atom stereocenters. The molecule has 4 rings (SSSR count). The van der Waals surface area contributed by atoms with Gasteiger partial charge in [0.1, 0.15) is 12.3 Å². The van der Waals surface area contributed by atoms with Crippen LogP contribution in [0.25, 0.3) is 0 Å². The van der Waals surface area contributed by atoms with Gasteiger partial charge >= 0.3 is 7.12 Å². The molecular formula is C19H26BNO4. The molecular weight excluding hydrogens is 317 g/mol. The predicted octanol–water partition coefficient (Wildman–Crippen LogP) is 2.65. The van der Waals surface area contributed by atoms with E-state index in [0.29, 0.717) is 25.7 Å². The first kappa shape index (κ1) is 17.1. The lowest BCUT2D eigenvalue weighted by Crippen LogP contribution is -2.41. The van der Waals surface area contributed by atoms with E-state index in [2.05, 4.69) is 51.0 Å². The third kappa shape index (κ3) is 3.35. The third-order valence-electron chi connectivity index (χ3n) is 5.65. The first-order valence-corrected chi connectivity index (χ1v) is 9.11. The van der Waals surface area contributed by atoms with E-state index in [9.17, 15) is 0 Å². The molecule has 1 aromatic carbocycles. The molecule has 0 spiro atoms. The number of ether oxygens (including phenoxy) is 1. The molecule has 1 saturated carbocycles. The zero-order chi connectivity index (χ0) is 17.7. The Labute approximate surface area is 149 Å². The SMILES string of the molecule is CC1(C)OB(c2ccc3c(c2)/C(=N/OCC2CC2)COC3)OC1(C)C. The first-order chi connectivity index (χ1) is 11.9. The smallest absolute Gasteiger partial charge is 0.399 e. The lowest BCUT2D eigenvalue weighted by atomic mass is 9.77. The minimum Gasteiger partial charge on any atom is -0.399 e. The van der Waals surface area contributed by atoms with Crippen molar-refractivity contribution >= 4 is 18.3 Å². The summed E-state index contributed by atoms with van der Waals surface area (Å²) in [5, 5.41) is 4.34. The van der Waals surface area contributed by atoms with Gasteiger partial charge in [-0.2, -0.15) is 0 Å². The van der Waals surface area contributed by atoms with Crippen LogP contribution in [0.2, 0.25) is 0 Å². The summed E-state index contributed by atoms with van der Waals surface area (Å²) >= 11 is 0. The van der Waals surface area contributed by atoms with Gasteiger partial charge in [-0.1, -0.05) is 23.4 Å². The van der Waals surface area contributed by atoms with Crippen LogP contribution < -0.4 is 5.46 Å². The number of fused-ring (bicyclic) bond motifs is 1. The van der Waals surface area contributed by atoms with E-state index in [0.717, 1.165) is 22.3 Å². The maximum absolute atomic E-state index is 6.17. The molecule has 1 aliphatic carbocycles. The lowest BCUT2D eigenvalue weighted by molar-refractivity contribution is 0.00578. The van der Waals surface area contributed by atoms with Crippen molar-refractivity contribution in [1.29, 1.82) is 0 Å². The first-order valence-electron chi connectivity index (χ1n) is 9.11. The molecule has 0 unspecified atom stereocenters. The maximum Gasteiger partial charge on any atom is 0.494 e. The maximum atomic E-state index is 6.17. The largest absolute Gasteiger partial charge is 0.494 e. The van der Waals surface area contributed by atoms with Crippen molar-refractivity contribution < 1.29 is 18.9 Å². The van der Waals surface area contributed by atoms with Crippen molar-refractivity contribution in [1.82, 2.24) is 0 Å². The number of oxime groups is 1. The molecule has 25 heavy (non-hydrogen) atoms. The molecule has 5 nitrogen and oxygen atoms in total. The number of nitrogens with zero attached hydrogens (tertiary/aromatic N) is 1. The highest BCUT2D eigenvalue weighted by Gasteiger charge is 2.51. The predicted molar refractivity (Wildman–Crippen MR) is 97.0 cm³/mol. The highest BCUT2D eigenvalue weighted by atomic mass is 16.7. The van der Waals surface area contributed by atoms with Crippen LogP contribution in [0.4, 0.5) is 0 Å². The minimum absolute atomic E-state index is 0.346. The van der Waals surface area contributed by atoms with Gasteiger partial charge in [0.05, 0.1) is 24.4 Å². The molecule has 0 aromatic heterocycles. The van der Waals surface area contributed by atoms with Gasteiger partial charge in [-0.25, -0.2) is 0 Å². The standard InChI is InChI=1S/C19H26BNO4/c1-18(2)19(3,4)25-20(24-18)15-8-7-14-11-22-12-17(16(14)9-15)21-23-10-13-5-6-13/h7-9,13H,5-6,10-12H2,1-4H3/b21-17+. The Morgan fingerprint density at radius 3 is 2.52 bits per heavy atom. The van der Waals surface area contributed by atoms with E-state index in [4.69, 9.17) is 18.9 Å². The summed E-state index contributed by atoms with van der Waals surface area (Å²) in [5.41, 5.74) is 3.37. The second-order valence-corrected chi connectivity index (χ2v) is 8.27. The molecule has 2 fully saturated rings. The lowest BCUT2D eigenvalue weighted by Gasteiger charge is -2.32. The Kier molecular flexibility index (Phi) is 4.17. The zero-order valence-electron chi connectivity index (χ0n) is 15.5. The van der Waals surface area contributed by atoms with Crippen molar-refractivity contribution in [3.63, 3.8) is 0 Å². The fraction of sp³-hybridized carbons (Fsp3) is 0.632. The van der Waals surface area contributed by atoms with Crippen LogP contribution in [0.5, 0.6) is 0 Å². The Hall–Kier alpha value is -1.37. The van der Waals surface area contributed by atoms with Crippen LogP contribution in [0.1, 0.15) is 51.7 Å². The monoisotopic (exact) mass is 343 g/mol. The van der Waals surface area contributed by atoms with Gasteiger partial charge in [0.15, 0.2) is 0 Å². The third-order valence-corrected chi connectivity index (χ3v) is 5.65. The average molecular weight is 343 g/mol. The molecule has 0 N–H and O–H groups in total. The van der Waals surface area contributed by atoms with E-state index in [-0.39, 0.29) is 18.3 Å². The van der Waals surface area contributed by atoms with Gasteiger partial charge in [-0.3, -0.25) is 0 Å². The topological polar surface area (TPSA) is 49.3 Å². The van der Waals surface area contributed by atoms with Gasteiger partial charge in [0.2, 0.25) is 0 Å². The van der Waals surface area contributed by atoms with Crippen LogP contribution in [-0.2, 0) is 25.5 Å². The number of hydrogen-bond acceptors (Lipinski definition) is 5. The van der Waals surface area contributed by atoms with Gasteiger partial charge in [0.25, 0.3) is 0 Å². The Morgan fingerprint density at radius 2 is 1.84 bits per heavy atom. The van der Waals surface area contributed by atoms with Crippen LogP contribution in [-0.4, -0.2) is 37.2 Å². The highest BCUT2D eigenvalue weighted by Crippen LogP contribution is 2.36. The fourth-order valence-electron chi connectivity index (χ4n) is 3.03. The second-order valence-electron chi connectivity index (χ2n) is 8.27. The highest BCUT2D eigenvalue weighted by molar-refractivity contribution is 6.62. The van der Waals surface area contributed by atoms with Gasteiger partial charge < -0.3 is 18.9 Å². The molecule has 0 amide bonds. The molecule has 1 saturated heterocycles. The summed E-state index contributed by atoms with van der Waals surface area (Å²) in [6.07, 6.45) is 2.51. The van der Waals surface area contributed by atoms with Crippen LogP contribution >= 0.6 is 0 Å². The summed E-state index contributed by atoms with van der Waals surface area (Å²) in [7, 11) is -0.369. The summed E-state index contributed by atoms with van der Waals surface area (Å²) < 4.78 is 18.0. The van der Waals surface area contributed by atoms with Gasteiger partial charge in [0, 0.05) is 5.56 Å². The Bertz CT molecular complexity index is 681. The van der Waals surface area contributed by atoms with Crippen LogP contribution in [0, 0.1) is 5.92 Å².